The molecule has 2 unspecified atom stereocenters. The van der Waals surface area contributed by atoms with Gasteiger partial charge in [0.25, 0.3) is 5.91 Å². The molecule has 2 atom stereocenters. The highest BCUT2D eigenvalue weighted by Gasteiger charge is 2.31. The standard InChI is InChI=1S/C35H41F3N6O5S2/c1-22(2)51(47,48)44(3)33-15-26(14-32(43-33)40-17-23-10-11-23)34(46)42-29(19-49-28-9-5-7-25(13-28)30-20-50-21-41-30)31(45)18-39-16-24-6-4-8-27(12-24)35(36,37)38/h4-9,12-15,20-23,29,31,39,45H,10-11,16-19H2,1-3H3,(H,40,43)(H,42,46). The number of sulfonamides is 1. The summed E-state index contributed by atoms with van der Waals surface area (Å²) in [6.45, 7) is 3.46. The molecule has 5 rings (SSSR count). The highest BCUT2D eigenvalue weighted by molar-refractivity contribution is 7.93. The predicted molar refractivity (Wildman–Crippen MR) is 191 cm³/mol. The lowest BCUT2D eigenvalue weighted by Gasteiger charge is -2.26. The second-order valence-corrected chi connectivity index (χ2v) is 15.9. The average molecular weight is 747 g/mol. The molecule has 1 aliphatic rings. The number of hydrogen-bond donors (Lipinski definition) is 4. The van der Waals surface area contributed by atoms with Gasteiger partial charge in [0, 0.05) is 43.2 Å². The largest absolute Gasteiger partial charge is 0.491 e. The maximum Gasteiger partial charge on any atom is 0.416 e. The minimum Gasteiger partial charge on any atom is -0.491 e. The number of anilines is 2. The van der Waals surface area contributed by atoms with Crippen molar-refractivity contribution in [3.8, 4) is 17.0 Å². The number of nitrogens with zero attached hydrogens (tertiary/aromatic N) is 3. The van der Waals surface area contributed by atoms with Crippen LogP contribution in [0.2, 0.25) is 0 Å². The van der Waals surface area contributed by atoms with Crippen molar-refractivity contribution >= 4 is 38.9 Å². The number of halogens is 3. The molecule has 4 N–H and O–H groups in total. The molecule has 16 heteroatoms. The van der Waals surface area contributed by atoms with E-state index in [1.54, 1.807) is 43.6 Å². The van der Waals surface area contributed by atoms with E-state index in [1.807, 2.05) is 11.4 Å². The van der Waals surface area contributed by atoms with Crippen molar-refractivity contribution in [3.05, 3.63) is 88.2 Å². The van der Waals surface area contributed by atoms with Crippen LogP contribution in [0.3, 0.4) is 0 Å². The van der Waals surface area contributed by atoms with Crippen LogP contribution in [0.1, 0.15) is 48.2 Å². The molecular formula is C35H41F3N6O5S2. The van der Waals surface area contributed by atoms with E-state index < -0.39 is 45.1 Å². The summed E-state index contributed by atoms with van der Waals surface area (Å²) in [4.78, 5) is 22.6. The minimum atomic E-state index is -4.49. The molecule has 1 amide bonds. The second-order valence-electron chi connectivity index (χ2n) is 12.7. The zero-order valence-electron chi connectivity index (χ0n) is 28.4. The van der Waals surface area contributed by atoms with Gasteiger partial charge < -0.3 is 25.8 Å². The van der Waals surface area contributed by atoms with E-state index in [-0.39, 0.29) is 31.1 Å². The summed E-state index contributed by atoms with van der Waals surface area (Å²) in [5.41, 5.74) is 2.97. The summed E-state index contributed by atoms with van der Waals surface area (Å²) in [5, 5.41) is 21.5. The molecule has 0 spiro atoms. The van der Waals surface area contributed by atoms with E-state index in [2.05, 4.69) is 25.9 Å². The third-order valence-corrected chi connectivity index (χ3v) is 11.1. The number of amides is 1. The van der Waals surface area contributed by atoms with Gasteiger partial charge in [0.15, 0.2) is 0 Å². The number of nitrogens with one attached hydrogen (secondary N) is 3. The number of alkyl halides is 3. The van der Waals surface area contributed by atoms with Crippen molar-refractivity contribution in [2.24, 2.45) is 5.92 Å². The van der Waals surface area contributed by atoms with Gasteiger partial charge in [-0.2, -0.15) is 13.2 Å². The third-order valence-electron chi connectivity index (χ3n) is 8.35. The predicted octanol–water partition coefficient (Wildman–Crippen LogP) is 5.55. The van der Waals surface area contributed by atoms with Gasteiger partial charge in [0.1, 0.15) is 24.0 Å². The molecule has 1 aliphatic carbocycles. The highest BCUT2D eigenvalue weighted by Crippen LogP contribution is 2.31. The molecule has 2 aromatic heterocycles. The van der Waals surface area contributed by atoms with Crippen LogP contribution in [0.15, 0.2) is 71.6 Å². The molecule has 11 nitrogen and oxygen atoms in total. The molecule has 0 bridgehead atoms. The van der Waals surface area contributed by atoms with Crippen LogP contribution in [0.5, 0.6) is 5.75 Å². The van der Waals surface area contributed by atoms with Gasteiger partial charge in [0.2, 0.25) is 10.0 Å². The Bertz CT molecular complexity index is 1890. The van der Waals surface area contributed by atoms with Crippen molar-refractivity contribution in [2.45, 2.75) is 56.8 Å². The first kappa shape index (κ1) is 38.0. The fourth-order valence-electron chi connectivity index (χ4n) is 5.07. The lowest BCUT2D eigenvalue weighted by molar-refractivity contribution is -0.137. The van der Waals surface area contributed by atoms with Crippen LogP contribution in [0.25, 0.3) is 11.3 Å². The Morgan fingerprint density at radius 1 is 1.12 bits per heavy atom. The topological polar surface area (TPSA) is 146 Å². The average Bonchev–Trinajstić information content (AvgIpc) is 3.77. The van der Waals surface area contributed by atoms with Gasteiger partial charge in [-0.3, -0.25) is 9.10 Å². The fourth-order valence-corrected chi connectivity index (χ4v) is 6.62. The van der Waals surface area contributed by atoms with Crippen LogP contribution in [-0.2, 0) is 22.7 Å². The monoisotopic (exact) mass is 746 g/mol. The Hall–Kier alpha value is -4.25. The summed E-state index contributed by atoms with van der Waals surface area (Å²) in [6, 6.07) is 13.9. The van der Waals surface area contributed by atoms with Crippen molar-refractivity contribution in [2.75, 3.05) is 36.4 Å². The number of hydrogen-bond acceptors (Lipinski definition) is 10. The number of rotatable bonds is 17. The normalized spacial score (nSPS) is 14.6. The zero-order chi connectivity index (χ0) is 36.8. The number of pyridine rings is 1. The van der Waals surface area contributed by atoms with E-state index in [0.29, 0.717) is 29.6 Å². The van der Waals surface area contributed by atoms with E-state index >= 15 is 0 Å². The van der Waals surface area contributed by atoms with Gasteiger partial charge in [-0.15, -0.1) is 11.3 Å². The molecule has 274 valence electrons. The molecule has 0 saturated heterocycles. The quantitative estimate of drug-likeness (QED) is 0.109. The van der Waals surface area contributed by atoms with Crippen molar-refractivity contribution in [3.63, 3.8) is 0 Å². The van der Waals surface area contributed by atoms with Crippen LogP contribution in [-0.4, -0.2) is 73.5 Å². The number of aliphatic hydroxyl groups is 1. The number of ether oxygens (including phenoxy) is 1. The summed E-state index contributed by atoms with van der Waals surface area (Å²) >= 11 is 1.45. The first-order chi connectivity index (χ1) is 24.2. The summed E-state index contributed by atoms with van der Waals surface area (Å²) < 4.78 is 72.8. The fraction of sp³-hybridized carbons (Fsp3) is 0.400. The Balaban J connectivity index is 1.36. The molecule has 2 aromatic carbocycles. The highest BCUT2D eigenvalue weighted by atomic mass is 32.2. The molecule has 1 fully saturated rings. The molecule has 0 radical (unpaired) electrons. The van der Waals surface area contributed by atoms with E-state index in [0.717, 1.165) is 40.5 Å². The third kappa shape index (κ3) is 10.4. The Kier molecular flexibility index (Phi) is 12.2. The number of aliphatic hydroxyl groups excluding tert-OH is 1. The molecule has 51 heavy (non-hydrogen) atoms. The van der Waals surface area contributed by atoms with Gasteiger partial charge in [-0.25, -0.2) is 18.4 Å². The van der Waals surface area contributed by atoms with Crippen molar-refractivity contribution < 1.29 is 36.2 Å². The molecule has 1 saturated carbocycles. The number of benzene rings is 2. The zero-order valence-corrected chi connectivity index (χ0v) is 30.0. The Morgan fingerprint density at radius 3 is 2.57 bits per heavy atom. The number of aromatic nitrogens is 2. The van der Waals surface area contributed by atoms with E-state index in [4.69, 9.17) is 4.74 Å². The molecule has 4 aromatic rings. The Morgan fingerprint density at radius 2 is 1.88 bits per heavy atom. The van der Waals surface area contributed by atoms with Crippen molar-refractivity contribution in [1.82, 2.24) is 20.6 Å². The second kappa shape index (κ2) is 16.4. The maximum atomic E-state index is 13.8. The molecule has 2 heterocycles. The first-order valence-electron chi connectivity index (χ1n) is 16.4. The number of carbonyl (C=O) groups is 1. The van der Waals surface area contributed by atoms with E-state index in [9.17, 15) is 31.5 Å². The van der Waals surface area contributed by atoms with Gasteiger partial charge >= 0.3 is 6.18 Å². The van der Waals surface area contributed by atoms with Crippen LogP contribution in [0.4, 0.5) is 24.8 Å². The first-order valence-corrected chi connectivity index (χ1v) is 18.9. The van der Waals surface area contributed by atoms with Crippen LogP contribution < -0.4 is 25.0 Å². The Labute approximate surface area is 299 Å². The SMILES string of the molecule is CC(C)S(=O)(=O)N(C)c1cc(C(=O)NC(COc2cccc(-c3cscn3)c2)C(O)CNCc2cccc(C(F)(F)F)c2)cc(NCC2CC2)n1. The molecular weight excluding hydrogens is 706 g/mol. The maximum absolute atomic E-state index is 13.8. The minimum absolute atomic E-state index is 0.0264. The van der Waals surface area contributed by atoms with Crippen molar-refractivity contribution in [1.29, 1.82) is 0 Å². The van der Waals surface area contributed by atoms with Gasteiger partial charge in [0.05, 0.1) is 34.2 Å². The lowest BCUT2D eigenvalue weighted by atomic mass is 10.1. The molecule has 0 aliphatic heterocycles. The number of carbonyl (C=O) groups excluding carboxylic acids is 1. The summed E-state index contributed by atoms with van der Waals surface area (Å²) in [6.07, 6.45) is -3.61. The van der Waals surface area contributed by atoms with E-state index in [1.165, 1.54) is 36.6 Å². The number of thiazole rings is 1. The smallest absolute Gasteiger partial charge is 0.416 e. The van der Waals surface area contributed by atoms with Crippen LogP contribution >= 0.6 is 11.3 Å². The van der Waals surface area contributed by atoms with Crippen LogP contribution in [0, 0.1) is 5.92 Å². The van der Waals surface area contributed by atoms with Gasteiger partial charge in [-0.05, 0) is 68.5 Å². The summed E-state index contributed by atoms with van der Waals surface area (Å²) in [7, 11) is -2.40. The lowest BCUT2D eigenvalue weighted by Crippen LogP contribution is -2.50. The summed E-state index contributed by atoms with van der Waals surface area (Å²) in [5.74, 6) is 0.682. The van der Waals surface area contributed by atoms with Gasteiger partial charge in [-0.1, -0.05) is 30.3 Å².